The molecule has 0 saturated carbocycles. The molecule has 0 bridgehead atoms. The number of amides is 1. The summed E-state index contributed by atoms with van der Waals surface area (Å²) >= 11 is 0. The molecule has 11 heteroatoms. The number of nitrogens with one attached hydrogen (secondary N) is 1. The Kier molecular flexibility index (Phi) is 8.41. The van der Waals surface area contributed by atoms with E-state index in [0.717, 1.165) is 6.07 Å². The van der Waals surface area contributed by atoms with Gasteiger partial charge in [-0.05, 0) is 54.1 Å². The van der Waals surface area contributed by atoms with Crippen molar-refractivity contribution in [2.24, 2.45) is 0 Å². The third kappa shape index (κ3) is 6.40. The second-order valence-electron chi connectivity index (χ2n) is 7.29. The summed E-state index contributed by atoms with van der Waals surface area (Å²) in [4.78, 5) is 35.8. The summed E-state index contributed by atoms with van der Waals surface area (Å²) < 4.78 is 20.9. The van der Waals surface area contributed by atoms with E-state index in [1.807, 2.05) is 0 Å². The molecule has 3 aromatic carbocycles. The molecule has 0 heterocycles. The van der Waals surface area contributed by atoms with Crippen molar-refractivity contribution < 1.29 is 33.5 Å². The molecular weight excluding hydrogens is 482 g/mol. The van der Waals surface area contributed by atoms with Gasteiger partial charge in [0.1, 0.15) is 23.1 Å². The number of carbonyl (C=O) groups is 2. The summed E-state index contributed by atoms with van der Waals surface area (Å²) in [5.74, 6) is -0.412. The van der Waals surface area contributed by atoms with Crippen LogP contribution in [0.5, 0.6) is 23.0 Å². The number of benzene rings is 3. The number of rotatable bonds is 9. The van der Waals surface area contributed by atoms with Crippen molar-refractivity contribution in [3.8, 4) is 29.1 Å². The highest BCUT2D eigenvalue weighted by atomic mass is 16.6. The van der Waals surface area contributed by atoms with Gasteiger partial charge in [0.25, 0.3) is 11.6 Å². The van der Waals surface area contributed by atoms with Crippen LogP contribution in [0, 0.1) is 21.4 Å². The van der Waals surface area contributed by atoms with Crippen LogP contribution in [-0.2, 0) is 4.79 Å². The minimum Gasteiger partial charge on any atom is -0.497 e. The van der Waals surface area contributed by atoms with E-state index < -0.39 is 16.8 Å². The fourth-order valence-electron chi connectivity index (χ4n) is 3.16. The number of non-ortho nitro benzene ring substituents is 1. The molecule has 0 saturated heterocycles. The second kappa shape index (κ2) is 11.9. The molecule has 188 valence electrons. The highest BCUT2D eigenvalue weighted by molar-refractivity contribution is 6.10. The quantitative estimate of drug-likeness (QED) is 0.112. The monoisotopic (exact) mass is 503 g/mol. The van der Waals surface area contributed by atoms with Crippen molar-refractivity contribution in [2.45, 2.75) is 0 Å². The van der Waals surface area contributed by atoms with Crippen molar-refractivity contribution in [3.05, 3.63) is 87.5 Å². The van der Waals surface area contributed by atoms with Crippen LogP contribution in [0.1, 0.15) is 15.9 Å². The molecule has 0 unspecified atom stereocenters. The maximum atomic E-state index is 12.8. The fourth-order valence-corrected chi connectivity index (χ4v) is 3.16. The van der Waals surface area contributed by atoms with Gasteiger partial charge >= 0.3 is 5.97 Å². The van der Waals surface area contributed by atoms with Crippen molar-refractivity contribution in [1.29, 1.82) is 5.26 Å². The van der Waals surface area contributed by atoms with E-state index >= 15 is 0 Å². The summed E-state index contributed by atoms with van der Waals surface area (Å²) in [6.45, 7) is 0. The first-order valence-corrected chi connectivity index (χ1v) is 10.6. The van der Waals surface area contributed by atoms with Crippen LogP contribution in [-0.4, -0.2) is 38.1 Å². The molecule has 1 amide bonds. The average molecular weight is 503 g/mol. The Balaban J connectivity index is 1.87. The lowest BCUT2D eigenvalue weighted by Gasteiger charge is -2.11. The molecule has 3 aromatic rings. The van der Waals surface area contributed by atoms with Crippen molar-refractivity contribution in [1.82, 2.24) is 0 Å². The topological polar surface area (TPSA) is 150 Å². The zero-order valence-electron chi connectivity index (χ0n) is 20.0. The number of nitriles is 1. The molecular formula is C26H21N3O8. The molecule has 0 aliphatic heterocycles. The fraction of sp³-hybridized carbons (Fsp3) is 0.115. The first kappa shape index (κ1) is 26.2. The van der Waals surface area contributed by atoms with Crippen LogP contribution in [0.3, 0.4) is 0 Å². The standard InChI is InChI=1S/C26H21N3O8/c1-34-20-8-5-17(6-9-20)26(31)37-24-13-16(4-10-23(24)36-3)12-18(15-27)25(30)28-21-14-19(29(32)33)7-11-22(21)35-2/h4-14H,1-3H3,(H,28,30)/b18-12+. The number of ether oxygens (including phenoxy) is 4. The predicted molar refractivity (Wildman–Crippen MR) is 133 cm³/mol. The van der Waals surface area contributed by atoms with E-state index in [1.54, 1.807) is 24.3 Å². The minimum atomic E-state index is -0.825. The Labute approximate surface area is 211 Å². The lowest BCUT2D eigenvalue weighted by molar-refractivity contribution is -0.384. The van der Waals surface area contributed by atoms with E-state index in [0.29, 0.717) is 11.3 Å². The summed E-state index contributed by atoms with van der Waals surface area (Å²) in [5, 5.41) is 23.1. The van der Waals surface area contributed by atoms with Crippen LogP contribution in [0.4, 0.5) is 11.4 Å². The van der Waals surface area contributed by atoms with Crippen LogP contribution in [0.15, 0.2) is 66.2 Å². The van der Waals surface area contributed by atoms with Crippen molar-refractivity contribution in [3.63, 3.8) is 0 Å². The van der Waals surface area contributed by atoms with Crippen molar-refractivity contribution in [2.75, 3.05) is 26.6 Å². The van der Waals surface area contributed by atoms with Crippen LogP contribution < -0.4 is 24.3 Å². The van der Waals surface area contributed by atoms with Crippen LogP contribution in [0.25, 0.3) is 6.08 Å². The normalized spacial score (nSPS) is 10.6. The van der Waals surface area contributed by atoms with Gasteiger partial charge in [0.15, 0.2) is 11.5 Å². The van der Waals surface area contributed by atoms with E-state index in [4.69, 9.17) is 18.9 Å². The average Bonchev–Trinajstić information content (AvgIpc) is 2.91. The van der Waals surface area contributed by atoms with Crippen LogP contribution in [0.2, 0.25) is 0 Å². The van der Waals surface area contributed by atoms with Gasteiger partial charge in [-0.2, -0.15) is 5.26 Å². The van der Waals surface area contributed by atoms with E-state index in [9.17, 15) is 25.0 Å². The third-order valence-electron chi connectivity index (χ3n) is 5.03. The lowest BCUT2D eigenvalue weighted by atomic mass is 10.1. The minimum absolute atomic E-state index is 0.0201. The number of hydrogen-bond acceptors (Lipinski definition) is 9. The maximum Gasteiger partial charge on any atom is 0.343 e. The van der Waals surface area contributed by atoms with Gasteiger partial charge in [0.05, 0.1) is 37.5 Å². The molecule has 0 radical (unpaired) electrons. The molecule has 0 aliphatic carbocycles. The number of anilines is 1. The molecule has 0 atom stereocenters. The van der Waals surface area contributed by atoms with Gasteiger partial charge in [-0.3, -0.25) is 14.9 Å². The van der Waals surface area contributed by atoms with Gasteiger partial charge in [0, 0.05) is 12.1 Å². The van der Waals surface area contributed by atoms with Crippen molar-refractivity contribution >= 4 is 29.3 Å². The number of nitrogens with zero attached hydrogens (tertiary/aromatic N) is 2. The highest BCUT2D eigenvalue weighted by Gasteiger charge is 2.18. The molecule has 0 spiro atoms. The molecule has 0 aliphatic rings. The molecule has 0 aromatic heterocycles. The molecule has 37 heavy (non-hydrogen) atoms. The molecule has 3 rings (SSSR count). The Bertz CT molecular complexity index is 1410. The summed E-state index contributed by atoms with van der Waals surface area (Å²) in [5.41, 5.74) is 0.0673. The Morgan fingerprint density at radius 3 is 2.19 bits per heavy atom. The molecule has 11 nitrogen and oxygen atoms in total. The summed E-state index contributed by atoms with van der Waals surface area (Å²) in [7, 11) is 4.24. The molecule has 1 N–H and O–H groups in total. The Morgan fingerprint density at radius 2 is 1.59 bits per heavy atom. The van der Waals surface area contributed by atoms with Gasteiger partial charge < -0.3 is 24.3 Å². The van der Waals surface area contributed by atoms with Gasteiger partial charge in [0.2, 0.25) is 0 Å². The summed E-state index contributed by atoms with van der Waals surface area (Å²) in [6.07, 6.45) is 1.27. The lowest BCUT2D eigenvalue weighted by Crippen LogP contribution is -2.14. The third-order valence-corrected chi connectivity index (χ3v) is 5.03. The van der Waals surface area contributed by atoms with Crippen LogP contribution >= 0.6 is 0 Å². The Hall–Kier alpha value is -5.37. The predicted octanol–water partition coefficient (Wildman–Crippen LogP) is 4.39. The number of carbonyl (C=O) groups excluding carboxylic acids is 2. The second-order valence-corrected chi connectivity index (χ2v) is 7.29. The number of nitro groups is 1. The molecule has 0 fully saturated rings. The number of methoxy groups -OCH3 is 3. The number of hydrogen-bond donors (Lipinski definition) is 1. The van der Waals surface area contributed by atoms with E-state index in [-0.39, 0.29) is 39.8 Å². The first-order valence-electron chi connectivity index (χ1n) is 10.6. The SMILES string of the molecule is COc1ccc(C(=O)Oc2cc(/C=C(\C#N)C(=O)Nc3cc([N+](=O)[O-])ccc3OC)ccc2OC)cc1. The van der Waals surface area contributed by atoms with Gasteiger partial charge in [-0.25, -0.2) is 4.79 Å². The zero-order chi connectivity index (χ0) is 26.9. The highest BCUT2D eigenvalue weighted by Crippen LogP contribution is 2.31. The van der Waals surface area contributed by atoms with E-state index in [2.05, 4.69) is 5.32 Å². The number of esters is 1. The van der Waals surface area contributed by atoms with Gasteiger partial charge in [-0.1, -0.05) is 6.07 Å². The van der Waals surface area contributed by atoms with Gasteiger partial charge in [-0.15, -0.1) is 0 Å². The Morgan fingerprint density at radius 1 is 0.919 bits per heavy atom. The maximum absolute atomic E-state index is 12.8. The smallest absolute Gasteiger partial charge is 0.343 e. The number of nitro benzene ring substituents is 1. The largest absolute Gasteiger partial charge is 0.497 e. The van der Waals surface area contributed by atoms with E-state index in [1.165, 1.54) is 63.8 Å². The first-order chi connectivity index (χ1) is 17.8. The zero-order valence-corrected chi connectivity index (χ0v) is 20.0. The summed E-state index contributed by atoms with van der Waals surface area (Å²) in [6, 6.07) is 16.3.